The number of anilines is 1. The highest BCUT2D eigenvalue weighted by molar-refractivity contribution is 5.76. The lowest BCUT2D eigenvalue weighted by molar-refractivity contribution is 0.173. The Hall–Kier alpha value is -1.55. The van der Waals surface area contributed by atoms with Crippen molar-refractivity contribution in [3.8, 4) is 0 Å². The number of fused-ring (bicyclic) bond motifs is 1. The molecule has 1 aromatic carbocycles. The molecule has 2 aromatic rings. The number of nitrogens with two attached hydrogens (primary N) is 1. The third kappa shape index (κ3) is 2.32. The average Bonchev–Trinajstić information content (AvgIpc) is 2.94. The maximum absolute atomic E-state index is 5.82. The van der Waals surface area contributed by atoms with E-state index in [1.807, 2.05) is 18.2 Å². The van der Waals surface area contributed by atoms with Gasteiger partial charge in [-0.05, 0) is 44.4 Å². The number of likely N-dealkylation sites (tertiary alicyclic amines) is 1. The van der Waals surface area contributed by atoms with Crippen LogP contribution in [0.3, 0.4) is 0 Å². The van der Waals surface area contributed by atoms with Gasteiger partial charge in [0.25, 0.3) is 0 Å². The minimum absolute atomic E-state index is 0.616. The normalized spacial score (nSPS) is 24.3. The Morgan fingerprint density at radius 2 is 2.26 bits per heavy atom. The first-order chi connectivity index (χ1) is 9.17. The lowest BCUT2D eigenvalue weighted by Gasteiger charge is -2.25. The van der Waals surface area contributed by atoms with E-state index in [1.54, 1.807) is 0 Å². The number of nitrogen functional groups attached to an aromatic ring is 1. The summed E-state index contributed by atoms with van der Waals surface area (Å²) in [7, 11) is 0. The number of hydrogen-bond donors (Lipinski definition) is 1. The van der Waals surface area contributed by atoms with Crippen molar-refractivity contribution in [3.05, 3.63) is 24.1 Å². The summed E-state index contributed by atoms with van der Waals surface area (Å²) in [5.74, 6) is 0.799. The van der Waals surface area contributed by atoms with Crippen molar-refractivity contribution in [3.63, 3.8) is 0 Å². The zero-order valence-electron chi connectivity index (χ0n) is 11.6. The average molecular weight is 259 g/mol. The van der Waals surface area contributed by atoms with E-state index in [4.69, 9.17) is 10.2 Å². The number of rotatable bonds is 3. The van der Waals surface area contributed by atoms with E-state index in [2.05, 4.69) is 23.7 Å². The molecule has 3 rings (SSSR count). The van der Waals surface area contributed by atoms with Crippen LogP contribution in [0.1, 0.15) is 39.0 Å². The molecule has 2 unspecified atom stereocenters. The highest BCUT2D eigenvalue weighted by atomic mass is 16.3. The Morgan fingerprint density at radius 1 is 1.42 bits per heavy atom. The molecule has 2 N–H and O–H groups in total. The van der Waals surface area contributed by atoms with Gasteiger partial charge in [-0.3, -0.25) is 4.90 Å². The molecule has 0 bridgehead atoms. The second-order valence-electron chi connectivity index (χ2n) is 5.50. The summed E-state index contributed by atoms with van der Waals surface area (Å²) < 4.78 is 5.82. The summed E-state index contributed by atoms with van der Waals surface area (Å²) in [5.41, 5.74) is 8.18. The smallest absolute Gasteiger partial charge is 0.209 e. The molecule has 1 aliphatic heterocycles. The van der Waals surface area contributed by atoms with Gasteiger partial charge in [0.1, 0.15) is 5.52 Å². The van der Waals surface area contributed by atoms with Gasteiger partial charge < -0.3 is 10.2 Å². The summed E-state index contributed by atoms with van der Waals surface area (Å²) in [6.07, 6.45) is 3.74. The fraction of sp³-hybridized carbons (Fsp3) is 0.533. The van der Waals surface area contributed by atoms with Gasteiger partial charge in [0.15, 0.2) is 5.58 Å². The molecule has 2 heterocycles. The standard InChI is InChI=1S/C15H21N3O/c1-3-12-6-4-10(2)18(12)9-15-17-13-8-11(16)5-7-14(13)19-15/h5,7-8,10,12H,3-4,6,9,16H2,1-2H3. The molecule has 102 valence electrons. The Labute approximate surface area is 113 Å². The van der Waals surface area contributed by atoms with Crippen LogP contribution in [0.25, 0.3) is 11.1 Å². The topological polar surface area (TPSA) is 55.3 Å². The lowest BCUT2D eigenvalue weighted by atomic mass is 10.1. The van der Waals surface area contributed by atoms with Crippen molar-refractivity contribution in [1.29, 1.82) is 0 Å². The summed E-state index contributed by atoms with van der Waals surface area (Å²) >= 11 is 0. The fourth-order valence-corrected chi connectivity index (χ4v) is 3.06. The van der Waals surface area contributed by atoms with E-state index in [0.29, 0.717) is 12.1 Å². The van der Waals surface area contributed by atoms with Gasteiger partial charge >= 0.3 is 0 Å². The first kappa shape index (κ1) is 12.5. The first-order valence-electron chi connectivity index (χ1n) is 7.08. The molecule has 0 amide bonds. The van der Waals surface area contributed by atoms with E-state index >= 15 is 0 Å². The molecule has 0 spiro atoms. The molecular formula is C15H21N3O. The third-order valence-electron chi connectivity index (χ3n) is 4.20. The van der Waals surface area contributed by atoms with Gasteiger partial charge in [0.2, 0.25) is 5.89 Å². The van der Waals surface area contributed by atoms with Crippen LogP contribution in [-0.2, 0) is 6.54 Å². The zero-order valence-corrected chi connectivity index (χ0v) is 11.6. The third-order valence-corrected chi connectivity index (χ3v) is 4.20. The number of hydrogen-bond acceptors (Lipinski definition) is 4. The van der Waals surface area contributed by atoms with Gasteiger partial charge in [-0.1, -0.05) is 6.92 Å². The highest BCUT2D eigenvalue weighted by Crippen LogP contribution is 2.28. The molecule has 0 radical (unpaired) electrons. The quantitative estimate of drug-likeness (QED) is 0.860. The Kier molecular flexibility index (Phi) is 3.19. The van der Waals surface area contributed by atoms with Crippen molar-refractivity contribution in [2.75, 3.05) is 5.73 Å². The SMILES string of the molecule is CCC1CCC(C)N1Cc1nc2cc(N)ccc2o1. The van der Waals surface area contributed by atoms with E-state index in [1.165, 1.54) is 19.3 Å². The van der Waals surface area contributed by atoms with E-state index in [9.17, 15) is 0 Å². The Balaban J connectivity index is 1.84. The minimum Gasteiger partial charge on any atom is -0.439 e. The van der Waals surface area contributed by atoms with Crippen molar-refractivity contribution in [2.24, 2.45) is 0 Å². The molecular weight excluding hydrogens is 238 g/mol. The summed E-state index contributed by atoms with van der Waals surface area (Å²) in [5, 5.41) is 0. The van der Waals surface area contributed by atoms with Gasteiger partial charge in [-0.25, -0.2) is 4.98 Å². The van der Waals surface area contributed by atoms with Crippen molar-refractivity contribution >= 4 is 16.8 Å². The predicted molar refractivity (Wildman–Crippen MR) is 76.7 cm³/mol. The summed E-state index contributed by atoms with van der Waals surface area (Å²) in [6.45, 7) is 5.34. The van der Waals surface area contributed by atoms with E-state index in [-0.39, 0.29) is 0 Å². The van der Waals surface area contributed by atoms with Crippen LogP contribution in [0.5, 0.6) is 0 Å². The van der Waals surface area contributed by atoms with Crippen LogP contribution in [0.2, 0.25) is 0 Å². The molecule has 1 aliphatic rings. The summed E-state index contributed by atoms with van der Waals surface area (Å²) in [4.78, 5) is 7.06. The second kappa shape index (κ2) is 4.85. The molecule has 1 saturated heterocycles. The number of oxazole rings is 1. The van der Waals surface area contributed by atoms with Gasteiger partial charge in [0.05, 0.1) is 6.54 Å². The second-order valence-corrected chi connectivity index (χ2v) is 5.50. The highest BCUT2D eigenvalue weighted by Gasteiger charge is 2.30. The lowest BCUT2D eigenvalue weighted by Crippen LogP contribution is -2.33. The molecule has 19 heavy (non-hydrogen) atoms. The first-order valence-corrected chi connectivity index (χ1v) is 7.08. The number of aromatic nitrogens is 1. The number of benzene rings is 1. The zero-order chi connectivity index (χ0) is 13.4. The van der Waals surface area contributed by atoms with Crippen molar-refractivity contribution in [1.82, 2.24) is 9.88 Å². The van der Waals surface area contributed by atoms with E-state index < -0.39 is 0 Å². The Morgan fingerprint density at radius 3 is 3.05 bits per heavy atom. The van der Waals surface area contributed by atoms with Gasteiger partial charge in [-0.2, -0.15) is 0 Å². The maximum Gasteiger partial charge on any atom is 0.209 e. The van der Waals surface area contributed by atoms with Crippen LogP contribution in [0.4, 0.5) is 5.69 Å². The predicted octanol–water partition coefficient (Wildman–Crippen LogP) is 3.17. The molecule has 2 atom stereocenters. The Bertz CT molecular complexity index is 578. The minimum atomic E-state index is 0.616. The molecule has 1 aromatic heterocycles. The molecule has 0 aliphatic carbocycles. The van der Waals surface area contributed by atoms with E-state index in [0.717, 1.165) is 29.2 Å². The van der Waals surface area contributed by atoms with Crippen LogP contribution in [0, 0.1) is 0 Å². The molecule has 0 saturated carbocycles. The van der Waals surface area contributed by atoms with Crippen LogP contribution >= 0.6 is 0 Å². The van der Waals surface area contributed by atoms with Crippen molar-refractivity contribution in [2.45, 2.75) is 51.7 Å². The molecule has 4 heteroatoms. The fourth-order valence-electron chi connectivity index (χ4n) is 3.06. The van der Waals surface area contributed by atoms with Crippen LogP contribution < -0.4 is 5.73 Å². The molecule has 1 fully saturated rings. The van der Waals surface area contributed by atoms with Crippen molar-refractivity contribution < 1.29 is 4.42 Å². The van der Waals surface area contributed by atoms with Gasteiger partial charge in [0, 0.05) is 17.8 Å². The molecule has 4 nitrogen and oxygen atoms in total. The van der Waals surface area contributed by atoms with Gasteiger partial charge in [-0.15, -0.1) is 0 Å². The maximum atomic E-state index is 5.82. The number of nitrogens with zero attached hydrogens (tertiary/aromatic N) is 2. The largest absolute Gasteiger partial charge is 0.439 e. The monoisotopic (exact) mass is 259 g/mol. The summed E-state index contributed by atoms with van der Waals surface area (Å²) in [6, 6.07) is 6.89. The van der Waals surface area contributed by atoms with Crippen LogP contribution in [-0.4, -0.2) is 22.0 Å². The van der Waals surface area contributed by atoms with Crippen LogP contribution in [0.15, 0.2) is 22.6 Å².